The zero-order valence-corrected chi connectivity index (χ0v) is 13.4. The molecule has 0 saturated heterocycles. The van der Waals surface area contributed by atoms with Crippen LogP contribution in [0, 0.1) is 0 Å². The Kier molecular flexibility index (Phi) is 3.46. The highest BCUT2D eigenvalue weighted by atomic mass is 35.5. The van der Waals surface area contributed by atoms with Gasteiger partial charge in [-0.2, -0.15) is 9.78 Å². The van der Waals surface area contributed by atoms with Crippen LogP contribution in [0.25, 0.3) is 0 Å². The van der Waals surface area contributed by atoms with Crippen LogP contribution in [0.5, 0.6) is 0 Å². The van der Waals surface area contributed by atoms with Crippen LogP contribution in [0.4, 0.5) is 5.82 Å². The Morgan fingerprint density at radius 1 is 1.43 bits per heavy atom. The Labute approximate surface area is 138 Å². The molecule has 4 N–H and O–H groups in total. The molecule has 0 bridgehead atoms. The lowest BCUT2D eigenvalue weighted by atomic mass is 9.86. The van der Waals surface area contributed by atoms with Crippen molar-refractivity contribution in [1.29, 1.82) is 0 Å². The van der Waals surface area contributed by atoms with Gasteiger partial charge in [0.2, 0.25) is 0 Å². The molecule has 0 saturated carbocycles. The first-order valence-electron chi connectivity index (χ1n) is 8.00. The van der Waals surface area contributed by atoms with Crippen LogP contribution < -0.4 is 5.73 Å². The number of H-pyrrole nitrogens is 1. The van der Waals surface area contributed by atoms with E-state index in [4.69, 9.17) is 17.3 Å². The van der Waals surface area contributed by atoms with Gasteiger partial charge in [0.25, 0.3) is 5.91 Å². The molecule has 2 heterocycles. The average Bonchev–Trinajstić information content (AvgIpc) is 3.06. The number of hydrogen-bond acceptors (Lipinski definition) is 4. The van der Waals surface area contributed by atoms with Crippen molar-refractivity contribution in [2.24, 2.45) is 0 Å². The lowest BCUT2D eigenvalue weighted by Crippen LogP contribution is -2.25. The summed E-state index contributed by atoms with van der Waals surface area (Å²) < 4.78 is 1.34. The fourth-order valence-electron chi connectivity index (χ4n) is 3.78. The number of aromatic nitrogens is 3. The third-order valence-corrected chi connectivity index (χ3v) is 5.17. The van der Waals surface area contributed by atoms with Crippen molar-refractivity contribution in [3.63, 3.8) is 0 Å². The van der Waals surface area contributed by atoms with Crippen molar-refractivity contribution in [2.45, 2.75) is 50.5 Å². The molecule has 0 fully saturated rings. The number of aromatic amines is 1. The Bertz CT molecular complexity index is 779. The zero-order valence-electron chi connectivity index (χ0n) is 12.7. The molecule has 2 aromatic rings. The topological polar surface area (TPSA) is 96.9 Å². The number of rotatable bonds is 1. The van der Waals surface area contributed by atoms with Gasteiger partial charge in [-0.05, 0) is 43.7 Å². The maximum absolute atomic E-state index is 13.0. The summed E-state index contributed by atoms with van der Waals surface area (Å²) in [5.41, 5.74) is 9.80. The first-order chi connectivity index (χ1) is 11.0. The molecular formula is C16H19ClN4O2. The normalized spacial score (nSPS) is 23.4. The van der Waals surface area contributed by atoms with Gasteiger partial charge in [-0.25, -0.2) is 0 Å². The quantitative estimate of drug-likeness (QED) is 0.743. The summed E-state index contributed by atoms with van der Waals surface area (Å²) in [5, 5.41) is 14.8. The number of hydrogen-bond donors (Lipinski definition) is 3. The van der Waals surface area contributed by atoms with Crippen LogP contribution in [-0.2, 0) is 19.3 Å². The lowest BCUT2D eigenvalue weighted by Gasteiger charge is -2.21. The summed E-state index contributed by atoms with van der Waals surface area (Å²) in [7, 11) is 0. The minimum absolute atomic E-state index is 0.108. The maximum atomic E-state index is 13.0. The summed E-state index contributed by atoms with van der Waals surface area (Å²) >= 11 is 6.05. The van der Waals surface area contributed by atoms with Crippen molar-refractivity contribution in [3.05, 3.63) is 33.7 Å². The first kappa shape index (κ1) is 14.8. The highest BCUT2D eigenvalue weighted by molar-refractivity contribution is 6.29. The van der Waals surface area contributed by atoms with E-state index in [1.807, 2.05) is 6.07 Å². The Balaban J connectivity index is 1.71. The number of aryl methyl sites for hydroxylation is 2. The van der Waals surface area contributed by atoms with Crippen LogP contribution in [0.2, 0.25) is 5.15 Å². The lowest BCUT2D eigenvalue weighted by molar-refractivity contribution is 0.0854. The number of nitrogens with one attached hydrogen (secondary N) is 1. The van der Waals surface area contributed by atoms with E-state index in [0.29, 0.717) is 30.2 Å². The molecule has 6 nitrogen and oxygen atoms in total. The third kappa shape index (κ3) is 2.37. The second-order valence-corrected chi connectivity index (χ2v) is 6.86. The van der Waals surface area contributed by atoms with Crippen LogP contribution in [0.3, 0.4) is 0 Å². The van der Waals surface area contributed by atoms with E-state index in [1.54, 1.807) is 0 Å². The molecule has 4 rings (SSSR count). The molecule has 0 radical (unpaired) electrons. The van der Waals surface area contributed by atoms with E-state index in [-0.39, 0.29) is 11.8 Å². The van der Waals surface area contributed by atoms with Crippen molar-refractivity contribution in [2.75, 3.05) is 5.73 Å². The predicted octanol–water partition coefficient (Wildman–Crippen LogP) is 2.06. The SMILES string of the molecule is Nc1c2c(nn1C(=O)C1CCCc3[nH]c(Cl)cc31)CCC(O)C2. The number of aliphatic hydroxyl groups excluding tert-OH is 1. The van der Waals surface area contributed by atoms with Gasteiger partial charge in [-0.3, -0.25) is 4.79 Å². The van der Waals surface area contributed by atoms with E-state index < -0.39 is 6.10 Å². The van der Waals surface area contributed by atoms with Crippen LogP contribution in [-0.4, -0.2) is 31.9 Å². The Morgan fingerprint density at radius 2 is 2.26 bits per heavy atom. The summed E-state index contributed by atoms with van der Waals surface area (Å²) in [6.45, 7) is 0. The van der Waals surface area contributed by atoms with E-state index in [1.165, 1.54) is 4.68 Å². The molecule has 2 atom stereocenters. The van der Waals surface area contributed by atoms with Gasteiger partial charge in [0.05, 0.1) is 17.7 Å². The van der Waals surface area contributed by atoms with E-state index in [2.05, 4.69) is 10.1 Å². The number of carbonyl (C=O) groups is 1. The van der Waals surface area contributed by atoms with Crippen molar-refractivity contribution in [3.8, 4) is 0 Å². The number of carbonyl (C=O) groups excluding carboxylic acids is 1. The second-order valence-electron chi connectivity index (χ2n) is 6.45. The third-order valence-electron chi connectivity index (χ3n) is 4.96. The summed E-state index contributed by atoms with van der Waals surface area (Å²) in [6, 6.07) is 1.84. The van der Waals surface area contributed by atoms with Crippen LogP contribution >= 0.6 is 11.6 Å². The highest BCUT2D eigenvalue weighted by Gasteiger charge is 2.33. The number of fused-ring (bicyclic) bond motifs is 2. The molecule has 2 aromatic heterocycles. The number of halogens is 1. The van der Waals surface area contributed by atoms with Gasteiger partial charge >= 0.3 is 0 Å². The Morgan fingerprint density at radius 3 is 3.09 bits per heavy atom. The fourth-order valence-corrected chi connectivity index (χ4v) is 4.01. The van der Waals surface area contributed by atoms with Gasteiger partial charge in [-0.1, -0.05) is 11.6 Å². The summed E-state index contributed by atoms with van der Waals surface area (Å²) in [5.74, 6) is -0.00316. The smallest absolute Gasteiger partial charge is 0.256 e. The van der Waals surface area contributed by atoms with Crippen molar-refractivity contribution in [1.82, 2.24) is 14.8 Å². The highest BCUT2D eigenvalue weighted by Crippen LogP contribution is 2.36. The number of anilines is 1. The van der Waals surface area contributed by atoms with Gasteiger partial charge in [-0.15, -0.1) is 0 Å². The average molecular weight is 335 g/mol. The van der Waals surface area contributed by atoms with Gasteiger partial charge in [0.15, 0.2) is 0 Å². The molecule has 2 unspecified atom stereocenters. The van der Waals surface area contributed by atoms with E-state index >= 15 is 0 Å². The van der Waals surface area contributed by atoms with Crippen LogP contribution in [0.1, 0.15) is 52.5 Å². The fraction of sp³-hybridized carbons (Fsp3) is 0.500. The minimum Gasteiger partial charge on any atom is -0.393 e. The van der Waals surface area contributed by atoms with E-state index in [0.717, 1.165) is 41.8 Å². The molecular weight excluding hydrogens is 316 g/mol. The summed E-state index contributed by atoms with van der Waals surface area (Å²) in [6.07, 6.45) is 4.00. The van der Waals surface area contributed by atoms with E-state index in [9.17, 15) is 9.90 Å². The first-order valence-corrected chi connectivity index (χ1v) is 8.38. The standard InChI is InChI=1S/C16H19ClN4O2/c17-14-7-10-9(2-1-3-12(10)19-14)16(23)21-15(18)11-6-8(22)4-5-13(11)20-21/h7-9,19,22H,1-6,18H2. The largest absolute Gasteiger partial charge is 0.393 e. The minimum atomic E-state index is -0.401. The van der Waals surface area contributed by atoms with Crippen molar-refractivity contribution < 1.29 is 9.90 Å². The zero-order chi connectivity index (χ0) is 16.1. The number of nitrogen functional groups attached to an aromatic ring is 1. The summed E-state index contributed by atoms with van der Waals surface area (Å²) in [4.78, 5) is 16.1. The molecule has 7 heteroatoms. The molecule has 2 aliphatic carbocycles. The predicted molar refractivity (Wildman–Crippen MR) is 86.8 cm³/mol. The Hall–Kier alpha value is -1.79. The van der Waals surface area contributed by atoms with Gasteiger partial charge in [0.1, 0.15) is 11.0 Å². The monoisotopic (exact) mass is 334 g/mol. The molecule has 2 aliphatic rings. The van der Waals surface area contributed by atoms with Gasteiger partial charge in [0, 0.05) is 17.7 Å². The maximum Gasteiger partial charge on any atom is 0.256 e. The molecule has 23 heavy (non-hydrogen) atoms. The van der Waals surface area contributed by atoms with Crippen LogP contribution in [0.15, 0.2) is 6.07 Å². The molecule has 0 amide bonds. The second kappa shape index (κ2) is 5.39. The molecule has 0 aliphatic heterocycles. The number of aliphatic hydroxyl groups is 1. The molecule has 0 aromatic carbocycles. The van der Waals surface area contributed by atoms with Gasteiger partial charge < -0.3 is 15.8 Å². The number of nitrogens with two attached hydrogens (primary N) is 1. The molecule has 0 spiro atoms. The van der Waals surface area contributed by atoms with Crippen molar-refractivity contribution >= 4 is 23.3 Å². The molecule has 122 valence electrons. The number of nitrogens with zero attached hydrogens (tertiary/aromatic N) is 2.